The SMILES string of the molecule is CNC(=O)c1ccc(N2CCN(Cc3cc4c(cn3)C(C)=C(C(F)(F)F)C(=O)C4)CC2)cn1. The number of pyridine rings is 2. The summed E-state index contributed by atoms with van der Waals surface area (Å²) in [6.45, 7) is 4.95. The van der Waals surface area contributed by atoms with Crippen molar-refractivity contribution in [2.45, 2.75) is 26.1 Å². The summed E-state index contributed by atoms with van der Waals surface area (Å²) < 4.78 is 39.7. The smallest absolute Gasteiger partial charge is 0.368 e. The van der Waals surface area contributed by atoms with Crippen LogP contribution in [-0.2, 0) is 17.8 Å². The van der Waals surface area contributed by atoms with E-state index < -0.39 is 17.5 Å². The van der Waals surface area contributed by atoms with E-state index in [-0.39, 0.29) is 17.9 Å². The highest BCUT2D eigenvalue weighted by atomic mass is 19.4. The summed E-state index contributed by atoms with van der Waals surface area (Å²) in [6, 6.07) is 5.32. The van der Waals surface area contributed by atoms with Crippen LogP contribution in [-0.4, -0.2) is 66.0 Å². The Bertz CT molecular complexity index is 1100. The van der Waals surface area contributed by atoms with Gasteiger partial charge in [0.05, 0.1) is 17.6 Å². The predicted molar refractivity (Wildman–Crippen MR) is 117 cm³/mol. The van der Waals surface area contributed by atoms with Crippen molar-refractivity contribution in [3.05, 3.63) is 58.7 Å². The van der Waals surface area contributed by atoms with Crippen LogP contribution in [0.4, 0.5) is 18.9 Å². The molecule has 33 heavy (non-hydrogen) atoms. The molecule has 7 nitrogen and oxygen atoms in total. The normalized spacial score (nSPS) is 17.2. The lowest BCUT2D eigenvalue weighted by atomic mass is 9.86. The fraction of sp³-hybridized carbons (Fsp3) is 0.391. The van der Waals surface area contributed by atoms with Gasteiger partial charge in [-0.05, 0) is 36.3 Å². The van der Waals surface area contributed by atoms with E-state index in [1.54, 1.807) is 25.4 Å². The lowest BCUT2D eigenvalue weighted by molar-refractivity contribution is -0.128. The van der Waals surface area contributed by atoms with E-state index in [1.165, 1.54) is 13.1 Å². The number of alkyl halides is 3. The number of halogens is 3. The molecular formula is C23H24F3N5O2. The second-order valence-electron chi connectivity index (χ2n) is 8.17. The van der Waals surface area contributed by atoms with E-state index in [4.69, 9.17) is 0 Å². The molecule has 1 fully saturated rings. The molecule has 0 bridgehead atoms. The first kappa shape index (κ1) is 22.9. The molecule has 2 aromatic rings. The van der Waals surface area contributed by atoms with Gasteiger partial charge in [0.2, 0.25) is 0 Å². The van der Waals surface area contributed by atoms with Crippen LogP contribution in [0.3, 0.4) is 0 Å². The van der Waals surface area contributed by atoms with E-state index in [2.05, 4.69) is 25.1 Å². The van der Waals surface area contributed by atoms with Crippen molar-refractivity contribution < 1.29 is 22.8 Å². The predicted octanol–water partition coefficient (Wildman–Crippen LogP) is 2.62. The van der Waals surface area contributed by atoms with Crippen LogP contribution in [0.15, 0.2) is 36.2 Å². The van der Waals surface area contributed by atoms with Gasteiger partial charge in [-0.1, -0.05) is 0 Å². The number of nitrogens with zero attached hydrogens (tertiary/aromatic N) is 4. The average Bonchev–Trinajstić information content (AvgIpc) is 2.78. The molecule has 0 radical (unpaired) electrons. The number of carbonyl (C=O) groups excluding carboxylic acids is 2. The summed E-state index contributed by atoms with van der Waals surface area (Å²) in [5, 5.41) is 2.54. The largest absolute Gasteiger partial charge is 0.420 e. The first-order valence-corrected chi connectivity index (χ1v) is 10.6. The number of allylic oxidation sites excluding steroid dienone is 2. The van der Waals surface area contributed by atoms with Crippen LogP contribution in [0, 0.1) is 0 Å². The van der Waals surface area contributed by atoms with Gasteiger partial charge in [-0.3, -0.25) is 19.5 Å². The topological polar surface area (TPSA) is 78.4 Å². The minimum Gasteiger partial charge on any atom is -0.368 e. The number of rotatable bonds is 4. The van der Waals surface area contributed by atoms with Crippen LogP contribution in [0.25, 0.3) is 5.57 Å². The third-order valence-corrected chi connectivity index (χ3v) is 6.07. The van der Waals surface area contributed by atoms with Crippen molar-refractivity contribution in [2.75, 3.05) is 38.1 Å². The molecule has 1 amide bonds. The molecule has 0 atom stereocenters. The second-order valence-corrected chi connectivity index (χ2v) is 8.17. The molecule has 4 rings (SSSR count). The number of hydrogen-bond acceptors (Lipinski definition) is 6. The molecule has 1 aliphatic heterocycles. The highest BCUT2D eigenvalue weighted by Crippen LogP contribution is 2.38. The van der Waals surface area contributed by atoms with Gasteiger partial charge in [0.1, 0.15) is 11.3 Å². The number of hydrogen-bond donors (Lipinski definition) is 1. The zero-order valence-electron chi connectivity index (χ0n) is 18.4. The van der Waals surface area contributed by atoms with E-state index in [0.717, 1.165) is 37.6 Å². The lowest BCUT2D eigenvalue weighted by Gasteiger charge is -2.35. The van der Waals surface area contributed by atoms with E-state index in [0.29, 0.717) is 23.4 Å². The monoisotopic (exact) mass is 459 g/mol. The Morgan fingerprint density at radius 1 is 1.12 bits per heavy atom. The van der Waals surface area contributed by atoms with Crippen LogP contribution >= 0.6 is 0 Å². The number of aromatic nitrogens is 2. The maximum Gasteiger partial charge on any atom is 0.420 e. The van der Waals surface area contributed by atoms with Gasteiger partial charge in [0.15, 0.2) is 5.78 Å². The fourth-order valence-electron chi connectivity index (χ4n) is 4.32. The quantitative estimate of drug-likeness (QED) is 0.758. The van der Waals surface area contributed by atoms with Gasteiger partial charge in [0, 0.05) is 58.0 Å². The van der Waals surface area contributed by atoms with Crippen molar-refractivity contribution >= 4 is 23.0 Å². The van der Waals surface area contributed by atoms with Crippen LogP contribution in [0.2, 0.25) is 0 Å². The average molecular weight is 459 g/mol. The molecular weight excluding hydrogens is 435 g/mol. The Kier molecular flexibility index (Phi) is 6.20. The van der Waals surface area contributed by atoms with Crippen LogP contribution < -0.4 is 10.2 Å². The van der Waals surface area contributed by atoms with Crippen molar-refractivity contribution in [2.24, 2.45) is 0 Å². The molecule has 2 aliphatic rings. The maximum absolute atomic E-state index is 13.2. The number of fused-ring (bicyclic) bond motifs is 1. The summed E-state index contributed by atoms with van der Waals surface area (Å²) in [5.74, 6) is -1.12. The Morgan fingerprint density at radius 2 is 1.85 bits per heavy atom. The van der Waals surface area contributed by atoms with E-state index in [9.17, 15) is 22.8 Å². The highest BCUT2D eigenvalue weighted by molar-refractivity contribution is 6.07. The van der Waals surface area contributed by atoms with Gasteiger partial charge in [0.25, 0.3) is 5.91 Å². The summed E-state index contributed by atoms with van der Waals surface area (Å²) in [7, 11) is 1.56. The summed E-state index contributed by atoms with van der Waals surface area (Å²) >= 11 is 0. The molecule has 3 heterocycles. The van der Waals surface area contributed by atoms with Crippen molar-refractivity contribution in [3.63, 3.8) is 0 Å². The Morgan fingerprint density at radius 3 is 2.45 bits per heavy atom. The minimum atomic E-state index is -4.66. The maximum atomic E-state index is 13.2. The number of ketones is 1. The first-order chi connectivity index (χ1) is 15.7. The van der Waals surface area contributed by atoms with Gasteiger partial charge in [-0.15, -0.1) is 0 Å². The summed E-state index contributed by atoms with van der Waals surface area (Å²) in [5.41, 5.74) is 1.89. The zero-order chi connectivity index (χ0) is 23.8. The third-order valence-electron chi connectivity index (χ3n) is 6.07. The third kappa shape index (κ3) is 4.75. The molecule has 0 spiro atoms. The van der Waals surface area contributed by atoms with Gasteiger partial charge < -0.3 is 10.2 Å². The lowest BCUT2D eigenvalue weighted by Crippen LogP contribution is -2.46. The van der Waals surface area contributed by atoms with E-state index in [1.807, 2.05) is 6.07 Å². The molecule has 0 aromatic carbocycles. The van der Waals surface area contributed by atoms with Gasteiger partial charge >= 0.3 is 6.18 Å². The number of Topliss-reactive ketones (excluding diaryl/α,β-unsaturated/α-hetero) is 1. The molecule has 174 valence electrons. The number of nitrogens with one attached hydrogen (secondary N) is 1. The molecule has 0 unspecified atom stereocenters. The molecule has 1 saturated heterocycles. The first-order valence-electron chi connectivity index (χ1n) is 10.6. The number of anilines is 1. The van der Waals surface area contributed by atoms with Crippen molar-refractivity contribution in [1.82, 2.24) is 20.2 Å². The fourth-order valence-corrected chi connectivity index (χ4v) is 4.32. The van der Waals surface area contributed by atoms with Gasteiger partial charge in [-0.2, -0.15) is 13.2 Å². The minimum absolute atomic E-state index is 0.0579. The van der Waals surface area contributed by atoms with Crippen molar-refractivity contribution in [3.8, 4) is 0 Å². The molecule has 2 aromatic heterocycles. The van der Waals surface area contributed by atoms with E-state index >= 15 is 0 Å². The number of carbonyl (C=O) groups is 2. The number of amides is 1. The Balaban J connectivity index is 1.40. The molecule has 0 saturated carbocycles. The zero-order valence-corrected chi connectivity index (χ0v) is 18.4. The molecule has 10 heteroatoms. The second kappa shape index (κ2) is 8.93. The molecule has 1 aliphatic carbocycles. The standard InChI is InChI=1S/C23H24F3N5O2/c1-14-18-12-28-16(9-15(18)10-20(32)21(14)23(24,25)26)13-30-5-7-31(8-6-30)17-3-4-19(29-11-17)22(33)27-2/h3-4,9,11-12H,5-8,10,13H2,1-2H3,(H,27,33). The summed E-state index contributed by atoms with van der Waals surface area (Å²) in [4.78, 5) is 36.7. The highest BCUT2D eigenvalue weighted by Gasteiger charge is 2.42. The van der Waals surface area contributed by atoms with Crippen molar-refractivity contribution in [1.29, 1.82) is 0 Å². The summed E-state index contributed by atoms with van der Waals surface area (Å²) in [6.07, 6.45) is -1.78. The Hall–Kier alpha value is -3.27. The van der Waals surface area contributed by atoms with Gasteiger partial charge in [-0.25, -0.2) is 4.98 Å². The number of piperazine rings is 1. The van der Waals surface area contributed by atoms with Crippen LogP contribution in [0.5, 0.6) is 0 Å². The Labute approximate surface area is 189 Å². The van der Waals surface area contributed by atoms with Crippen LogP contribution in [0.1, 0.15) is 34.2 Å². The molecule has 1 N–H and O–H groups in total.